The van der Waals surface area contributed by atoms with Crippen LogP contribution in [0.3, 0.4) is 0 Å². The molecule has 0 aliphatic heterocycles. The predicted molar refractivity (Wildman–Crippen MR) is 231 cm³/mol. The van der Waals surface area contributed by atoms with Gasteiger partial charge in [0.2, 0.25) is 17.2 Å². The van der Waals surface area contributed by atoms with Crippen molar-refractivity contribution in [2.75, 3.05) is 0 Å². The van der Waals surface area contributed by atoms with E-state index in [0.717, 1.165) is 0 Å². The van der Waals surface area contributed by atoms with Gasteiger partial charge in [0.05, 0.1) is 0 Å². The Hall–Kier alpha value is -7.11. The van der Waals surface area contributed by atoms with Crippen LogP contribution in [0, 0.1) is 0 Å². The molecule has 3 aromatic rings. The summed E-state index contributed by atoms with van der Waals surface area (Å²) in [4.78, 5) is 118. The zero-order valence-electron chi connectivity index (χ0n) is 38.6. The molecule has 66 heavy (non-hydrogen) atoms. The fourth-order valence-corrected chi connectivity index (χ4v) is 6.28. The van der Waals surface area contributed by atoms with E-state index in [1.807, 2.05) is 0 Å². The highest BCUT2D eigenvalue weighted by atomic mass is 16.6. The maximum atomic E-state index is 13.4. The number of rotatable bonds is 18. The molecule has 0 saturated carbocycles. The third-order valence-electron chi connectivity index (χ3n) is 9.86. The number of carbonyl (C=O) groups is 9. The molecule has 354 valence electrons. The van der Waals surface area contributed by atoms with Crippen molar-refractivity contribution in [2.24, 2.45) is 0 Å². The molecule has 4 rings (SSSR count). The van der Waals surface area contributed by atoms with Gasteiger partial charge in [0, 0.05) is 93.7 Å². The Morgan fingerprint density at radius 3 is 0.636 bits per heavy atom. The minimum atomic E-state index is -0.809. The molecule has 0 aromatic heterocycles. The van der Waals surface area contributed by atoms with Gasteiger partial charge in [0.25, 0.3) is 0 Å². The largest absolute Gasteiger partial charge is 0.422 e. The lowest BCUT2D eigenvalue weighted by Gasteiger charge is -2.23. The monoisotopic (exact) mass is 918 g/mol. The van der Waals surface area contributed by atoms with E-state index in [2.05, 4.69) is 0 Å². The van der Waals surface area contributed by atoms with Crippen molar-refractivity contribution in [3.63, 3.8) is 0 Å². The molecule has 0 fully saturated rings. The molecule has 0 amide bonds. The van der Waals surface area contributed by atoms with Crippen LogP contribution in [0.1, 0.15) is 153 Å². The van der Waals surface area contributed by atoms with Gasteiger partial charge >= 0.3 is 53.7 Å². The number of hydrogen-bond donors (Lipinski definition) is 0. The van der Waals surface area contributed by atoms with Gasteiger partial charge in [0.15, 0.2) is 34.5 Å². The van der Waals surface area contributed by atoms with Crippen molar-refractivity contribution < 1.29 is 85.8 Å². The highest BCUT2D eigenvalue weighted by Gasteiger charge is 2.35. The maximum Gasteiger partial charge on any atom is 0.311 e. The van der Waals surface area contributed by atoms with Crippen LogP contribution in [-0.4, -0.2) is 53.7 Å². The van der Waals surface area contributed by atoms with E-state index in [1.54, 1.807) is 0 Å². The van der Waals surface area contributed by atoms with Gasteiger partial charge in [-0.15, -0.1) is 0 Å². The van der Waals surface area contributed by atoms with E-state index in [-0.39, 0.29) is 145 Å². The molecule has 0 unspecified atom stereocenters. The van der Waals surface area contributed by atoms with E-state index < -0.39 is 71.0 Å². The topological polar surface area (TPSA) is 237 Å². The number of hydrogen-bond acceptors (Lipinski definition) is 18. The minimum absolute atomic E-state index is 0.0984. The van der Waals surface area contributed by atoms with Crippen LogP contribution in [0.25, 0.3) is 0 Å². The predicted octanol–water partition coefficient (Wildman–Crippen LogP) is 7.61. The third-order valence-corrected chi connectivity index (χ3v) is 9.86. The highest BCUT2D eigenvalue weighted by molar-refractivity contribution is 5.85. The normalized spacial score (nSPS) is 11.4. The summed E-state index contributed by atoms with van der Waals surface area (Å²) in [5, 5.41) is 0. The van der Waals surface area contributed by atoms with E-state index in [4.69, 9.17) is 42.6 Å². The lowest BCUT2D eigenvalue weighted by atomic mass is 9.92. The summed E-state index contributed by atoms with van der Waals surface area (Å²) in [5.74, 6) is -10.6. The first kappa shape index (κ1) is 51.5. The molecule has 0 radical (unpaired) electrons. The van der Waals surface area contributed by atoms with E-state index in [0.29, 0.717) is 0 Å². The summed E-state index contributed by atoms with van der Waals surface area (Å²) < 4.78 is 52.4. The van der Waals surface area contributed by atoms with Gasteiger partial charge in [-0.1, -0.05) is 62.3 Å². The summed E-state index contributed by atoms with van der Waals surface area (Å²) in [6.07, 6.45) is -2.41. The minimum Gasteiger partial charge on any atom is -0.422 e. The smallest absolute Gasteiger partial charge is 0.311 e. The molecular formula is C48H54O18. The Balaban J connectivity index is 2.43. The maximum absolute atomic E-state index is 13.4. The second-order valence-corrected chi connectivity index (χ2v) is 14.5. The fourth-order valence-electron chi connectivity index (χ4n) is 6.28. The van der Waals surface area contributed by atoms with Gasteiger partial charge in [-0.05, 0) is 34.9 Å². The van der Waals surface area contributed by atoms with Crippen LogP contribution in [0.2, 0.25) is 0 Å². The van der Waals surface area contributed by atoms with Crippen molar-refractivity contribution in [1.29, 1.82) is 0 Å². The van der Waals surface area contributed by atoms with Crippen molar-refractivity contribution >= 4 is 53.7 Å². The van der Waals surface area contributed by atoms with Crippen molar-refractivity contribution in [1.82, 2.24) is 0 Å². The number of ether oxygens (including phenoxy) is 9. The SMILES string of the molecule is CCC(=O)Oc1cc2c(c(OC(=O)CC)c1OC(=O)CC)Cc1cc(OC(=O)CC)c(OC(=O)CC)c(OC(=O)CC)c1Cc1cc(OC(=O)CC)c(OC(=O)CC)c(OC(=O)CC)c1C2. The number of esters is 9. The molecule has 1 aliphatic carbocycles. The zero-order valence-corrected chi connectivity index (χ0v) is 38.6. The molecular weight excluding hydrogens is 865 g/mol. The van der Waals surface area contributed by atoms with Crippen LogP contribution in [0.15, 0.2) is 18.2 Å². The molecule has 0 heterocycles. The van der Waals surface area contributed by atoms with Gasteiger partial charge in [-0.2, -0.15) is 0 Å². The van der Waals surface area contributed by atoms with E-state index >= 15 is 0 Å². The standard InChI is InChI=1S/C48H54O18/c1-10-34(49)58-31-22-25-19-29-27(24-33(60-36(51)12-3)47(65-41(56)17-8)44(29)62-38(53)14-5)21-30-26(20-28(25)43(61-37(52)13-4)46(31)64-40(55)16-7)23-32(59-35(50)11-2)48(66-42(57)18-9)45(30)63-39(54)15-6/h22-24H,10-21H2,1-9H3. The third kappa shape index (κ3) is 12.6. The van der Waals surface area contributed by atoms with Crippen LogP contribution in [-0.2, 0) is 62.4 Å². The number of benzene rings is 3. The molecule has 3 aromatic carbocycles. The first-order chi connectivity index (χ1) is 31.5. The van der Waals surface area contributed by atoms with Crippen molar-refractivity contribution in [3.05, 3.63) is 51.6 Å². The van der Waals surface area contributed by atoms with E-state index in [1.165, 1.54) is 80.5 Å². The van der Waals surface area contributed by atoms with Crippen LogP contribution in [0.5, 0.6) is 51.7 Å². The zero-order chi connectivity index (χ0) is 48.8. The molecule has 0 bridgehead atoms. The van der Waals surface area contributed by atoms with E-state index in [9.17, 15) is 43.2 Å². The number of fused-ring (bicyclic) bond motifs is 3. The summed E-state index contributed by atoms with van der Waals surface area (Å²) in [6.45, 7) is 13.7. The Morgan fingerprint density at radius 2 is 0.455 bits per heavy atom. The summed E-state index contributed by atoms with van der Waals surface area (Å²) in [7, 11) is 0. The fraction of sp³-hybridized carbons (Fsp3) is 0.438. The molecule has 0 N–H and O–H groups in total. The Bertz CT molecular complexity index is 2160. The van der Waals surface area contributed by atoms with Crippen LogP contribution >= 0.6 is 0 Å². The first-order valence-corrected chi connectivity index (χ1v) is 21.9. The average molecular weight is 919 g/mol. The number of carbonyl (C=O) groups excluding carboxylic acids is 9. The summed E-state index contributed by atoms with van der Waals surface area (Å²) in [5.41, 5.74) is 0.875. The highest BCUT2D eigenvalue weighted by Crippen LogP contribution is 2.52. The van der Waals surface area contributed by atoms with Crippen LogP contribution < -0.4 is 42.6 Å². The molecule has 18 heteroatoms. The van der Waals surface area contributed by atoms with Gasteiger partial charge in [-0.25, -0.2) is 0 Å². The second kappa shape index (κ2) is 23.7. The molecule has 0 spiro atoms. The van der Waals surface area contributed by atoms with Crippen molar-refractivity contribution in [2.45, 2.75) is 139 Å². The molecule has 0 atom stereocenters. The molecule has 1 aliphatic rings. The Labute approximate surface area is 381 Å². The van der Waals surface area contributed by atoms with Gasteiger partial charge in [-0.3, -0.25) is 43.2 Å². The Morgan fingerprint density at radius 1 is 0.288 bits per heavy atom. The lowest BCUT2D eigenvalue weighted by Crippen LogP contribution is -2.17. The molecule has 0 saturated heterocycles. The quantitative estimate of drug-likeness (QED) is 0.0689. The van der Waals surface area contributed by atoms with Crippen LogP contribution in [0.4, 0.5) is 0 Å². The summed E-state index contributed by atoms with van der Waals surface area (Å²) in [6, 6.07) is 4.09. The lowest BCUT2D eigenvalue weighted by molar-refractivity contribution is -0.138. The van der Waals surface area contributed by atoms with Crippen molar-refractivity contribution in [3.8, 4) is 51.7 Å². The molecule has 18 nitrogen and oxygen atoms in total. The Kier molecular flexibility index (Phi) is 18.5. The van der Waals surface area contributed by atoms with Gasteiger partial charge in [0.1, 0.15) is 0 Å². The average Bonchev–Trinajstić information content (AvgIpc) is 3.37. The first-order valence-electron chi connectivity index (χ1n) is 21.9. The second-order valence-electron chi connectivity index (χ2n) is 14.5. The summed E-state index contributed by atoms with van der Waals surface area (Å²) >= 11 is 0. The van der Waals surface area contributed by atoms with Gasteiger partial charge < -0.3 is 42.6 Å².